The van der Waals surface area contributed by atoms with E-state index in [4.69, 9.17) is 4.74 Å². The van der Waals surface area contributed by atoms with Gasteiger partial charge in [0.2, 0.25) is 0 Å². The number of rotatable bonds is 3. The quantitative estimate of drug-likeness (QED) is 0.733. The molecule has 86 valence electrons. The van der Waals surface area contributed by atoms with E-state index in [2.05, 4.69) is 0 Å². The van der Waals surface area contributed by atoms with Gasteiger partial charge in [0.25, 0.3) is 0 Å². The zero-order chi connectivity index (χ0) is 12.3. The fraction of sp³-hybridized carbons (Fsp3) is 0.385. The standard InChI is InChI=1S/C13H16O3/c1-8-5-9(2)12(13(15)16-4)7-11(8)6-10(3)14/h5,7H,6H2,1-4H3. The summed E-state index contributed by atoms with van der Waals surface area (Å²) in [6, 6.07) is 3.66. The van der Waals surface area contributed by atoms with Gasteiger partial charge in [-0.1, -0.05) is 6.07 Å². The number of esters is 1. The van der Waals surface area contributed by atoms with Gasteiger partial charge in [0.1, 0.15) is 5.78 Å². The van der Waals surface area contributed by atoms with Crippen molar-refractivity contribution in [1.82, 2.24) is 0 Å². The van der Waals surface area contributed by atoms with Gasteiger partial charge in [0, 0.05) is 6.42 Å². The van der Waals surface area contributed by atoms with Crippen LogP contribution in [0, 0.1) is 13.8 Å². The van der Waals surface area contributed by atoms with Crippen molar-refractivity contribution in [3.63, 3.8) is 0 Å². The average molecular weight is 220 g/mol. The van der Waals surface area contributed by atoms with Gasteiger partial charge >= 0.3 is 5.97 Å². The van der Waals surface area contributed by atoms with E-state index >= 15 is 0 Å². The molecule has 3 heteroatoms. The second-order valence-electron chi connectivity index (χ2n) is 3.96. The first kappa shape index (κ1) is 12.4. The number of Topliss-reactive ketones (excluding diaryl/α,β-unsaturated/α-hetero) is 1. The van der Waals surface area contributed by atoms with Crippen molar-refractivity contribution in [3.8, 4) is 0 Å². The molecule has 0 aliphatic rings. The smallest absolute Gasteiger partial charge is 0.338 e. The highest BCUT2D eigenvalue weighted by molar-refractivity contribution is 5.91. The van der Waals surface area contributed by atoms with Gasteiger partial charge in [0.15, 0.2) is 0 Å². The number of hydrogen-bond donors (Lipinski definition) is 0. The summed E-state index contributed by atoms with van der Waals surface area (Å²) < 4.78 is 4.69. The summed E-state index contributed by atoms with van der Waals surface area (Å²) in [5.41, 5.74) is 3.32. The Morgan fingerprint density at radius 3 is 2.31 bits per heavy atom. The van der Waals surface area contributed by atoms with Gasteiger partial charge in [-0.2, -0.15) is 0 Å². The fourth-order valence-electron chi connectivity index (χ4n) is 1.69. The van der Waals surface area contributed by atoms with Gasteiger partial charge in [-0.3, -0.25) is 4.79 Å². The Bertz CT molecular complexity index is 433. The number of carbonyl (C=O) groups is 2. The van der Waals surface area contributed by atoms with Gasteiger partial charge in [-0.05, 0) is 43.5 Å². The highest BCUT2D eigenvalue weighted by Gasteiger charge is 2.12. The average Bonchev–Trinajstić information content (AvgIpc) is 2.20. The normalized spacial score (nSPS) is 10.0. The summed E-state index contributed by atoms with van der Waals surface area (Å²) in [5, 5.41) is 0. The van der Waals surface area contributed by atoms with E-state index in [0.717, 1.165) is 16.7 Å². The Kier molecular flexibility index (Phi) is 3.82. The van der Waals surface area contributed by atoms with Crippen LogP contribution >= 0.6 is 0 Å². The van der Waals surface area contributed by atoms with E-state index in [0.29, 0.717) is 12.0 Å². The Labute approximate surface area is 95.4 Å². The number of carbonyl (C=O) groups excluding carboxylic acids is 2. The molecule has 1 rings (SSSR count). The minimum absolute atomic E-state index is 0.0859. The van der Waals surface area contributed by atoms with Crippen molar-refractivity contribution < 1.29 is 14.3 Å². The molecule has 0 atom stereocenters. The third-order valence-corrected chi connectivity index (χ3v) is 2.53. The number of ketones is 1. The monoisotopic (exact) mass is 220 g/mol. The third-order valence-electron chi connectivity index (χ3n) is 2.53. The first-order chi connectivity index (χ1) is 7.45. The Hall–Kier alpha value is -1.64. The lowest BCUT2D eigenvalue weighted by atomic mass is 9.97. The molecule has 16 heavy (non-hydrogen) atoms. The molecule has 0 aliphatic carbocycles. The van der Waals surface area contributed by atoms with E-state index in [9.17, 15) is 9.59 Å². The maximum atomic E-state index is 11.5. The third kappa shape index (κ3) is 2.69. The minimum atomic E-state index is -0.359. The van der Waals surface area contributed by atoms with Gasteiger partial charge in [-0.15, -0.1) is 0 Å². The van der Waals surface area contributed by atoms with E-state index in [-0.39, 0.29) is 11.8 Å². The van der Waals surface area contributed by atoms with Gasteiger partial charge in [-0.25, -0.2) is 4.79 Å². The molecular formula is C13H16O3. The molecule has 3 nitrogen and oxygen atoms in total. The zero-order valence-corrected chi connectivity index (χ0v) is 10.1. The molecule has 0 saturated carbocycles. The molecule has 0 N–H and O–H groups in total. The topological polar surface area (TPSA) is 43.4 Å². The predicted octanol–water partition coefficient (Wildman–Crippen LogP) is 2.22. The molecule has 0 aromatic heterocycles. The highest BCUT2D eigenvalue weighted by Crippen LogP contribution is 2.17. The summed E-state index contributed by atoms with van der Waals surface area (Å²) in [6.45, 7) is 5.33. The SMILES string of the molecule is COC(=O)c1cc(CC(C)=O)c(C)cc1C. The van der Waals surface area contributed by atoms with Crippen LogP contribution in [0.4, 0.5) is 0 Å². The van der Waals surface area contributed by atoms with Crippen LogP contribution < -0.4 is 0 Å². The molecule has 1 aromatic carbocycles. The minimum Gasteiger partial charge on any atom is -0.465 e. The fourth-order valence-corrected chi connectivity index (χ4v) is 1.69. The summed E-state index contributed by atoms with van der Waals surface area (Å²) >= 11 is 0. The number of hydrogen-bond acceptors (Lipinski definition) is 3. The van der Waals surface area contributed by atoms with E-state index in [1.165, 1.54) is 14.0 Å². The molecule has 0 spiro atoms. The Balaban J connectivity index is 3.21. The molecule has 0 heterocycles. The molecule has 0 saturated heterocycles. The van der Waals surface area contributed by atoms with Crippen molar-refractivity contribution in [2.75, 3.05) is 7.11 Å². The predicted molar refractivity (Wildman–Crippen MR) is 61.6 cm³/mol. The van der Waals surface area contributed by atoms with Crippen LogP contribution in [0.1, 0.15) is 34.0 Å². The van der Waals surface area contributed by atoms with Crippen LogP contribution in [0.3, 0.4) is 0 Å². The van der Waals surface area contributed by atoms with Crippen molar-refractivity contribution >= 4 is 11.8 Å². The molecule has 0 radical (unpaired) electrons. The van der Waals surface area contributed by atoms with E-state index in [1.807, 2.05) is 19.9 Å². The van der Waals surface area contributed by atoms with Crippen molar-refractivity contribution in [2.45, 2.75) is 27.2 Å². The largest absolute Gasteiger partial charge is 0.465 e. The van der Waals surface area contributed by atoms with Crippen LogP contribution in [-0.2, 0) is 16.0 Å². The second kappa shape index (κ2) is 4.92. The number of aryl methyl sites for hydroxylation is 2. The lowest BCUT2D eigenvalue weighted by Crippen LogP contribution is -2.07. The number of benzene rings is 1. The van der Waals surface area contributed by atoms with E-state index in [1.54, 1.807) is 6.07 Å². The second-order valence-corrected chi connectivity index (χ2v) is 3.96. The molecule has 0 bridgehead atoms. The van der Waals surface area contributed by atoms with Crippen LogP contribution in [0.15, 0.2) is 12.1 Å². The van der Waals surface area contributed by atoms with Crippen LogP contribution in [0.25, 0.3) is 0 Å². The van der Waals surface area contributed by atoms with Crippen LogP contribution in [0.5, 0.6) is 0 Å². The van der Waals surface area contributed by atoms with Crippen molar-refractivity contribution in [1.29, 1.82) is 0 Å². The summed E-state index contributed by atoms with van der Waals surface area (Å²) in [4.78, 5) is 22.6. The van der Waals surface area contributed by atoms with Crippen molar-refractivity contribution in [2.24, 2.45) is 0 Å². The van der Waals surface area contributed by atoms with Gasteiger partial charge < -0.3 is 4.74 Å². The molecule has 0 unspecified atom stereocenters. The molecule has 0 fully saturated rings. The lowest BCUT2D eigenvalue weighted by Gasteiger charge is -2.09. The molecule has 0 aliphatic heterocycles. The highest BCUT2D eigenvalue weighted by atomic mass is 16.5. The maximum absolute atomic E-state index is 11.5. The van der Waals surface area contributed by atoms with Crippen LogP contribution in [-0.4, -0.2) is 18.9 Å². The maximum Gasteiger partial charge on any atom is 0.338 e. The first-order valence-electron chi connectivity index (χ1n) is 5.13. The molecule has 1 aromatic rings. The number of methoxy groups -OCH3 is 1. The summed E-state index contributed by atoms with van der Waals surface area (Å²) in [5.74, 6) is -0.273. The summed E-state index contributed by atoms with van der Waals surface area (Å²) in [7, 11) is 1.35. The van der Waals surface area contributed by atoms with E-state index < -0.39 is 0 Å². The Morgan fingerprint density at radius 2 is 1.81 bits per heavy atom. The summed E-state index contributed by atoms with van der Waals surface area (Å²) in [6.07, 6.45) is 0.357. The first-order valence-corrected chi connectivity index (χ1v) is 5.13. The van der Waals surface area contributed by atoms with Gasteiger partial charge in [0.05, 0.1) is 12.7 Å². The zero-order valence-electron chi connectivity index (χ0n) is 10.1. The number of ether oxygens (including phenoxy) is 1. The van der Waals surface area contributed by atoms with Crippen molar-refractivity contribution in [3.05, 3.63) is 34.4 Å². The van der Waals surface area contributed by atoms with Crippen LogP contribution in [0.2, 0.25) is 0 Å². The molecular weight excluding hydrogens is 204 g/mol. The molecule has 0 amide bonds. The Morgan fingerprint density at radius 1 is 1.19 bits per heavy atom. The lowest BCUT2D eigenvalue weighted by molar-refractivity contribution is -0.116.